The first kappa shape index (κ1) is 17.4. The van der Waals surface area contributed by atoms with E-state index in [2.05, 4.69) is 0 Å². The number of methoxy groups -OCH3 is 2. The van der Waals surface area contributed by atoms with Crippen molar-refractivity contribution in [3.05, 3.63) is 23.3 Å². The highest BCUT2D eigenvalue weighted by atomic mass is 16.6. The number of hydrogen-bond acceptors (Lipinski definition) is 5. The van der Waals surface area contributed by atoms with Crippen molar-refractivity contribution in [2.45, 2.75) is 45.4 Å². The second-order valence-electron chi connectivity index (χ2n) is 6.70. The first-order valence-electron chi connectivity index (χ1n) is 7.73. The van der Waals surface area contributed by atoms with Crippen LogP contribution in [0.1, 0.15) is 44.4 Å². The van der Waals surface area contributed by atoms with Crippen molar-refractivity contribution in [2.24, 2.45) is 5.73 Å². The van der Waals surface area contributed by atoms with Gasteiger partial charge in [-0.3, -0.25) is 0 Å². The lowest BCUT2D eigenvalue weighted by atomic mass is 9.99. The fraction of sp³-hybridized carbons (Fsp3) is 0.588. The molecule has 1 aliphatic heterocycles. The summed E-state index contributed by atoms with van der Waals surface area (Å²) in [6.45, 7) is 6.57. The smallest absolute Gasteiger partial charge is 0.410 e. The van der Waals surface area contributed by atoms with Gasteiger partial charge in [0.2, 0.25) is 0 Å². The van der Waals surface area contributed by atoms with Crippen LogP contribution >= 0.6 is 0 Å². The van der Waals surface area contributed by atoms with Crippen LogP contribution in [-0.4, -0.2) is 37.4 Å². The first-order valence-corrected chi connectivity index (χ1v) is 7.73. The quantitative estimate of drug-likeness (QED) is 0.906. The maximum absolute atomic E-state index is 12.4. The fourth-order valence-electron chi connectivity index (χ4n) is 2.64. The average molecular weight is 322 g/mol. The molecule has 0 aromatic heterocycles. The highest BCUT2D eigenvalue weighted by Crippen LogP contribution is 2.36. The summed E-state index contributed by atoms with van der Waals surface area (Å²) in [5, 5.41) is 0. The third-order valence-electron chi connectivity index (χ3n) is 3.77. The van der Waals surface area contributed by atoms with Crippen molar-refractivity contribution < 1.29 is 19.0 Å². The predicted octanol–water partition coefficient (Wildman–Crippen LogP) is 2.84. The molecule has 0 saturated carbocycles. The number of carbonyl (C=O) groups excluding carboxylic acids is 1. The van der Waals surface area contributed by atoms with Crippen molar-refractivity contribution in [3.63, 3.8) is 0 Å². The topological polar surface area (TPSA) is 74.0 Å². The second kappa shape index (κ2) is 6.66. The van der Waals surface area contributed by atoms with Crippen LogP contribution in [-0.2, 0) is 11.3 Å². The van der Waals surface area contributed by atoms with Gasteiger partial charge in [0.25, 0.3) is 0 Å². The summed E-state index contributed by atoms with van der Waals surface area (Å²) >= 11 is 0. The van der Waals surface area contributed by atoms with Gasteiger partial charge in [-0.2, -0.15) is 0 Å². The van der Waals surface area contributed by atoms with Crippen LogP contribution < -0.4 is 15.2 Å². The van der Waals surface area contributed by atoms with Gasteiger partial charge in [-0.1, -0.05) is 0 Å². The molecule has 23 heavy (non-hydrogen) atoms. The number of fused-ring (bicyclic) bond motifs is 1. The Balaban J connectivity index is 2.32. The summed E-state index contributed by atoms with van der Waals surface area (Å²) in [7, 11) is 3.19. The molecule has 0 spiro atoms. The summed E-state index contributed by atoms with van der Waals surface area (Å²) in [6, 6.07) is 3.63. The molecule has 6 nitrogen and oxygen atoms in total. The highest BCUT2D eigenvalue weighted by Gasteiger charge is 2.28. The Bertz CT molecular complexity index is 581. The van der Waals surface area contributed by atoms with Gasteiger partial charge >= 0.3 is 6.09 Å². The number of carbonyl (C=O) groups is 1. The molecule has 0 unspecified atom stereocenters. The zero-order chi connectivity index (χ0) is 17.2. The summed E-state index contributed by atoms with van der Waals surface area (Å²) in [5.74, 6) is 1.27. The van der Waals surface area contributed by atoms with E-state index in [1.807, 2.05) is 32.9 Å². The van der Waals surface area contributed by atoms with Gasteiger partial charge in [-0.05, 0) is 50.5 Å². The molecule has 1 amide bonds. The molecule has 1 atom stereocenters. The van der Waals surface area contributed by atoms with E-state index in [9.17, 15) is 4.79 Å². The van der Waals surface area contributed by atoms with E-state index in [1.54, 1.807) is 19.1 Å². The molecule has 128 valence electrons. The monoisotopic (exact) mass is 322 g/mol. The van der Waals surface area contributed by atoms with Crippen LogP contribution in [0.15, 0.2) is 12.1 Å². The Morgan fingerprint density at radius 1 is 1.22 bits per heavy atom. The van der Waals surface area contributed by atoms with Crippen LogP contribution in [0.5, 0.6) is 11.5 Å². The SMILES string of the molecule is COc1cc2c(cc1OC)[C@H](N)CCN(C(=O)OC(C)(C)C)C2. The van der Waals surface area contributed by atoms with Crippen LogP contribution in [0.2, 0.25) is 0 Å². The van der Waals surface area contributed by atoms with Crippen molar-refractivity contribution in [1.29, 1.82) is 0 Å². The number of nitrogens with zero attached hydrogens (tertiary/aromatic N) is 1. The Kier molecular flexibility index (Phi) is 5.04. The van der Waals surface area contributed by atoms with Crippen LogP contribution in [0, 0.1) is 0 Å². The molecular weight excluding hydrogens is 296 g/mol. The van der Waals surface area contributed by atoms with Gasteiger partial charge < -0.3 is 24.8 Å². The van der Waals surface area contributed by atoms with Crippen LogP contribution in [0.4, 0.5) is 4.79 Å². The molecule has 0 radical (unpaired) electrons. The van der Waals surface area contributed by atoms with Crippen molar-refractivity contribution in [1.82, 2.24) is 4.90 Å². The molecular formula is C17H26N2O4. The lowest BCUT2D eigenvalue weighted by Gasteiger charge is -2.26. The minimum Gasteiger partial charge on any atom is -0.493 e. The standard InChI is InChI=1S/C17H26N2O4/c1-17(2,3)23-16(20)19-7-6-13(18)12-9-15(22-5)14(21-4)8-11(12)10-19/h8-9,13H,6-7,10,18H2,1-5H3/t13-/m1/s1. The molecule has 6 heteroatoms. The zero-order valence-corrected chi connectivity index (χ0v) is 14.5. The normalized spacial score (nSPS) is 18.0. The van der Waals surface area contributed by atoms with Crippen LogP contribution in [0.25, 0.3) is 0 Å². The lowest BCUT2D eigenvalue weighted by Crippen LogP contribution is -2.36. The zero-order valence-electron chi connectivity index (χ0n) is 14.5. The molecule has 1 aliphatic rings. The predicted molar refractivity (Wildman–Crippen MR) is 87.7 cm³/mol. The van der Waals surface area contributed by atoms with Crippen LogP contribution in [0.3, 0.4) is 0 Å². The molecule has 2 N–H and O–H groups in total. The molecule has 0 bridgehead atoms. The molecule has 0 aliphatic carbocycles. The molecule has 1 heterocycles. The summed E-state index contributed by atoms with van der Waals surface area (Å²) in [5.41, 5.74) is 7.69. The largest absolute Gasteiger partial charge is 0.493 e. The number of ether oxygens (including phenoxy) is 3. The van der Waals surface area contributed by atoms with Gasteiger partial charge in [0.05, 0.1) is 14.2 Å². The average Bonchev–Trinajstić information content (AvgIpc) is 2.63. The highest BCUT2D eigenvalue weighted by molar-refractivity contribution is 5.68. The van der Waals surface area contributed by atoms with Gasteiger partial charge in [-0.15, -0.1) is 0 Å². The van der Waals surface area contributed by atoms with E-state index in [-0.39, 0.29) is 12.1 Å². The molecule has 1 aromatic carbocycles. The number of benzene rings is 1. The van der Waals surface area contributed by atoms with Gasteiger partial charge in [-0.25, -0.2) is 4.79 Å². The maximum atomic E-state index is 12.4. The number of nitrogens with two attached hydrogens (primary N) is 1. The fourth-order valence-corrected chi connectivity index (χ4v) is 2.64. The minimum atomic E-state index is -0.522. The molecule has 1 aromatic rings. The summed E-state index contributed by atoms with van der Waals surface area (Å²) < 4.78 is 16.2. The Morgan fingerprint density at radius 2 is 1.83 bits per heavy atom. The van der Waals surface area contributed by atoms with Gasteiger partial charge in [0.15, 0.2) is 11.5 Å². The maximum Gasteiger partial charge on any atom is 0.410 e. The molecule has 0 fully saturated rings. The minimum absolute atomic E-state index is 0.155. The van der Waals surface area contributed by atoms with E-state index in [0.29, 0.717) is 31.0 Å². The summed E-state index contributed by atoms with van der Waals surface area (Å²) in [4.78, 5) is 14.1. The molecule has 2 rings (SSSR count). The first-order chi connectivity index (χ1) is 10.7. The number of amides is 1. The van der Waals surface area contributed by atoms with E-state index < -0.39 is 5.60 Å². The Hall–Kier alpha value is -1.95. The van der Waals surface area contributed by atoms with Crippen molar-refractivity contribution in [3.8, 4) is 11.5 Å². The third-order valence-corrected chi connectivity index (χ3v) is 3.77. The molecule has 0 saturated heterocycles. The third kappa shape index (κ3) is 4.07. The Labute approximate surface area is 137 Å². The van der Waals surface area contributed by atoms with Gasteiger partial charge in [0, 0.05) is 19.1 Å². The van der Waals surface area contributed by atoms with Crippen molar-refractivity contribution >= 4 is 6.09 Å². The van der Waals surface area contributed by atoms with Gasteiger partial charge in [0.1, 0.15) is 5.60 Å². The summed E-state index contributed by atoms with van der Waals surface area (Å²) in [6.07, 6.45) is 0.342. The number of hydrogen-bond donors (Lipinski definition) is 1. The van der Waals surface area contributed by atoms with E-state index >= 15 is 0 Å². The van der Waals surface area contributed by atoms with E-state index in [4.69, 9.17) is 19.9 Å². The van der Waals surface area contributed by atoms with Crippen molar-refractivity contribution in [2.75, 3.05) is 20.8 Å². The van der Waals surface area contributed by atoms with E-state index in [0.717, 1.165) is 11.1 Å². The van der Waals surface area contributed by atoms with E-state index in [1.165, 1.54) is 0 Å². The second-order valence-corrected chi connectivity index (χ2v) is 6.70. The Morgan fingerprint density at radius 3 is 2.39 bits per heavy atom. The number of rotatable bonds is 2. The lowest BCUT2D eigenvalue weighted by molar-refractivity contribution is 0.0235.